The van der Waals surface area contributed by atoms with E-state index in [1.165, 1.54) is 11.3 Å². The molecule has 0 saturated heterocycles. The van der Waals surface area contributed by atoms with Gasteiger partial charge in [-0.05, 0) is 36.8 Å². The third kappa shape index (κ3) is 5.42. The first kappa shape index (κ1) is 25.0. The van der Waals surface area contributed by atoms with Gasteiger partial charge in [0.05, 0.1) is 16.8 Å². The van der Waals surface area contributed by atoms with Crippen LogP contribution in [0.15, 0.2) is 52.3 Å². The number of benzene rings is 1. The second kappa shape index (κ2) is 9.84. The SMILES string of the molecule is Cc1cc(Cl)cc(-c2ccnc3cc(Cn4c(=O)ccn(CC(F)(F)F)c4=O)sc23)c1OCCN. The quantitative estimate of drug-likeness (QED) is 0.391. The number of halogens is 4. The van der Waals surface area contributed by atoms with Crippen molar-refractivity contribution in [3.8, 4) is 16.9 Å². The maximum atomic E-state index is 12.8. The number of thiophene rings is 1. The Labute approximate surface area is 206 Å². The topological polar surface area (TPSA) is 92.1 Å². The van der Waals surface area contributed by atoms with E-state index < -0.39 is 24.0 Å². The molecule has 0 aliphatic heterocycles. The number of hydrogen-bond donors (Lipinski definition) is 1. The fraction of sp³-hybridized carbons (Fsp3) is 0.261. The summed E-state index contributed by atoms with van der Waals surface area (Å²) in [7, 11) is 0. The predicted molar refractivity (Wildman–Crippen MR) is 129 cm³/mol. The van der Waals surface area contributed by atoms with Gasteiger partial charge in [-0.3, -0.25) is 18.9 Å². The molecule has 0 unspecified atom stereocenters. The third-order valence-corrected chi connectivity index (χ3v) is 6.52. The zero-order valence-corrected chi connectivity index (χ0v) is 20.0. The molecule has 184 valence electrons. The van der Waals surface area contributed by atoms with E-state index in [-0.39, 0.29) is 6.54 Å². The lowest BCUT2D eigenvalue weighted by Gasteiger charge is -2.15. The van der Waals surface area contributed by atoms with Gasteiger partial charge in [-0.25, -0.2) is 4.79 Å². The molecular formula is C23H20ClF3N4O3S. The molecule has 7 nitrogen and oxygen atoms in total. The Kier molecular flexibility index (Phi) is 7.02. The molecule has 4 rings (SSSR count). The number of aryl methyl sites for hydroxylation is 1. The van der Waals surface area contributed by atoms with Crippen molar-refractivity contribution in [2.45, 2.75) is 26.2 Å². The number of pyridine rings is 1. The van der Waals surface area contributed by atoms with E-state index in [1.54, 1.807) is 30.5 Å². The van der Waals surface area contributed by atoms with Crippen molar-refractivity contribution in [2.24, 2.45) is 5.73 Å². The lowest BCUT2D eigenvalue weighted by molar-refractivity contribution is -0.141. The highest BCUT2D eigenvalue weighted by Gasteiger charge is 2.29. The van der Waals surface area contributed by atoms with Crippen LogP contribution in [0, 0.1) is 6.92 Å². The van der Waals surface area contributed by atoms with Crippen LogP contribution in [0.5, 0.6) is 5.75 Å². The molecule has 0 bridgehead atoms. The van der Waals surface area contributed by atoms with Crippen molar-refractivity contribution in [1.29, 1.82) is 0 Å². The summed E-state index contributed by atoms with van der Waals surface area (Å²) < 4.78 is 46.3. The molecule has 4 aromatic rings. The van der Waals surface area contributed by atoms with Crippen molar-refractivity contribution < 1.29 is 17.9 Å². The van der Waals surface area contributed by atoms with Gasteiger partial charge < -0.3 is 10.5 Å². The molecule has 0 fully saturated rings. The molecule has 0 saturated carbocycles. The van der Waals surface area contributed by atoms with E-state index in [9.17, 15) is 22.8 Å². The number of nitrogens with zero attached hydrogens (tertiary/aromatic N) is 3. The smallest absolute Gasteiger partial charge is 0.406 e. The van der Waals surface area contributed by atoms with Crippen molar-refractivity contribution in [3.05, 3.63) is 79.0 Å². The van der Waals surface area contributed by atoms with E-state index >= 15 is 0 Å². The maximum Gasteiger partial charge on any atom is 0.406 e. The molecule has 1 aromatic carbocycles. The second-order valence-electron chi connectivity index (χ2n) is 7.79. The standard InChI is InChI=1S/C23H20ClF3N4O3S/c1-13-8-14(24)9-17(20(13)34-7-4-28)16-2-5-29-18-10-15(35-21(16)18)11-31-19(32)3-6-30(22(31)33)12-23(25,26)27/h2-3,5-6,8-10H,4,7,11-12,28H2,1H3. The Morgan fingerprint density at radius 3 is 2.66 bits per heavy atom. The number of aromatic nitrogens is 3. The molecular weight excluding hydrogens is 505 g/mol. The molecule has 0 radical (unpaired) electrons. The monoisotopic (exact) mass is 524 g/mol. The van der Waals surface area contributed by atoms with Crippen LogP contribution < -0.4 is 21.7 Å². The molecule has 0 amide bonds. The van der Waals surface area contributed by atoms with Crippen molar-refractivity contribution in [2.75, 3.05) is 13.2 Å². The largest absolute Gasteiger partial charge is 0.491 e. The summed E-state index contributed by atoms with van der Waals surface area (Å²) in [6, 6.07) is 8.00. The predicted octanol–water partition coefficient (Wildman–Crippen LogP) is 4.20. The minimum Gasteiger partial charge on any atom is -0.491 e. The van der Waals surface area contributed by atoms with Gasteiger partial charge in [0.25, 0.3) is 5.56 Å². The fourth-order valence-electron chi connectivity index (χ4n) is 3.73. The minimum absolute atomic E-state index is 0.193. The van der Waals surface area contributed by atoms with Gasteiger partial charge in [0, 0.05) is 46.0 Å². The van der Waals surface area contributed by atoms with E-state index in [0.717, 1.165) is 38.2 Å². The Morgan fingerprint density at radius 1 is 1.17 bits per heavy atom. The van der Waals surface area contributed by atoms with Gasteiger partial charge in [0.15, 0.2) is 0 Å². The van der Waals surface area contributed by atoms with Crippen LogP contribution in [0.1, 0.15) is 10.4 Å². The van der Waals surface area contributed by atoms with Crippen LogP contribution in [0.4, 0.5) is 13.2 Å². The number of nitrogens with two attached hydrogens (primary N) is 1. The Balaban J connectivity index is 1.79. The van der Waals surface area contributed by atoms with Gasteiger partial charge in [0.1, 0.15) is 18.9 Å². The molecule has 35 heavy (non-hydrogen) atoms. The van der Waals surface area contributed by atoms with Gasteiger partial charge >= 0.3 is 11.9 Å². The zero-order valence-electron chi connectivity index (χ0n) is 18.4. The number of rotatable bonds is 7. The van der Waals surface area contributed by atoms with Crippen LogP contribution >= 0.6 is 22.9 Å². The van der Waals surface area contributed by atoms with E-state index in [1.807, 2.05) is 6.92 Å². The number of hydrogen-bond acceptors (Lipinski definition) is 6. The van der Waals surface area contributed by atoms with Crippen LogP contribution in [0.2, 0.25) is 5.02 Å². The number of alkyl halides is 3. The van der Waals surface area contributed by atoms with Gasteiger partial charge in [-0.2, -0.15) is 13.2 Å². The first-order valence-corrected chi connectivity index (χ1v) is 11.6. The fourth-order valence-corrected chi connectivity index (χ4v) is 5.14. The highest BCUT2D eigenvalue weighted by atomic mass is 35.5. The molecule has 12 heteroatoms. The number of ether oxygens (including phenoxy) is 1. The summed E-state index contributed by atoms with van der Waals surface area (Å²) in [6.45, 7) is 0.827. The second-order valence-corrected chi connectivity index (χ2v) is 9.36. The number of fused-ring (bicyclic) bond motifs is 1. The van der Waals surface area contributed by atoms with Gasteiger partial charge in [0.2, 0.25) is 0 Å². The van der Waals surface area contributed by atoms with Crippen molar-refractivity contribution in [1.82, 2.24) is 14.1 Å². The van der Waals surface area contributed by atoms with Crippen molar-refractivity contribution in [3.63, 3.8) is 0 Å². The molecule has 0 spiro atoms. The molecule has 2 N–H and O–H groups in total. The molecule has 3 aromatic heterocycles. The summed E-state index contributed by atoms with van der Waals surface area (Å²) in [4.78, 5) is 29.8. The van der Waals surface area contributed by atoms with Crippen molar-refractivity contribution >= 4 is 33.2 Å². The summed E-state index contributed by atoms with van der Waals surface area (Å²) in [5, 5.41) is 0.514. The van der Waals surface area contributed by atoms with E-state index in [2.05, 4.69) is 4.98 Å². The van der Waals surface area contributed by atoms with E-state index in [0.29, 0.717) is 38.9 Å². The third-order valence-electron chi connectivity index (χ3n) is 5.16. The first-order chi connectivity index (χ1) is 16.6. The van der Waals surface area contributed by atoms with Crippen LogP contribution in [0.25, 0.3) is 21.3 Å². The molecule has 0 aliphatic carbocycles. The van der Waals surface area contributed by atoms with Gasteiger partial charge in [-0.15, -0.1) is 11.3 Å². The minimum atomic E-state index is -4.60. The first-order valence-electron chi connectivity index (χ1n) is 10.4. The zero-order chi connectivity index (χ0) is 25.3. The maximum absolute atomic E-state index is 12.8. The van der Waals surface area contributed by atoms with Gasteiger partial charge in [-0.1, -0.05) is 11.6 Å². The summed E-state index contributed by atoms with van der Waals surface area (Å²) >= 11 is 7.60. The normalized spacial score (nSPS) is 11.8. The highest BCUT2D eigenvalue weighted by Crippen LogP contribution is 2.41. The highest BCUT2D eigenvalue weighted by molar-refractivity contribution is 7.19. The average molecular weight is 525 g/mol. The molecule has 0 atom stereocenters. The molecule has 3 heterocycles. The lowest BCUT2D eigenvalue weighted by Crippen LogP contribution is -2.41. The van der Waals surface area contributed by atoms with Crippen LogP contribution in [0.3, 0.4) is 0 Å². The Bertz CT molecular complexity index is 1510. The summed E-state index contributed by atoms with van der Waals surface area (Å²) in [6.07, 6.45) is -2.13. The Hall–Kier alpha value is -3.15. The Morgan fingerprint density at radius 2 is 1.94 bits per heavy atom. The summed E-state index contributed by atoms with van der Waals surface area (Å²) in [5.74, 6) is 0.622. The lowest BCUT2D eigenvalue weighted by atomic mass is 10.0. The van der Waals surface area contributed by atoms with Crippen LogP contribution in [-0.2, 0) is 13.1 Å². The van der Waals surface area contributed by atoms with E-state index in [4.69, 9.17) is 22.1 Å². The average Bonchev–Trinajstić information content (AvgIpc) is 3.19. The summed E-state index contributed by atoms with van der Waals surface area (Å²) in [5.41, 5.74) is 6.80. The molecule has 0 aliphatic rings. The van der Waals surface area contributed by atoms with Crippen LogP contribution in [-0.4, -0.2) is 33.4 Å².